The molecule has 0 aromatic heterocycles. The lowest BCUT2D eigenvalue weighted by Gasteiger charge is -2.13. The summed E-state index contributed by atoms with van der Waals surface area (Å²) in [5.41, 5.74) is 11.3. The van der Waals surface area contributed by atoms with Crippen LogP contribution < -0.4 is 15.9 Å². The van der Waals surface area contributed by atoms with Crippen LogP contribution in [0.5, 0.6) is 5.75 Å². The number of rotatable bonds is 3. The first-order valence-corrected chi connectivity index (χ1v) is 5.20. The molecule has 0 saturated carbocycles. The lowest BCUT2D eigenvalue weighted by molar-refractivity contribution is 0.249. The lowest BCUT2D eigenvalue weighted by Crippen LogP contribution is -2.24. The fraction of sp³-hybridized carbons (Fsp3) is 0.333. The molecule has 0 atom stereocenters. The number of carbonyl (C=O) groups excluding carboxylic acids is 1. The smallest absolute Gasteiger partial charge is 0.332 e. The second kappa shape index (κ2) is 5.34. The highest BCUT2D eigenvalue weighted by atomic mass is 16.5. The van der Waals surface area contributed by atoms with Crippen molar-refractivity contribution < 1.29 is 9.53 Å². The number of benzene rings is 1. The van der Waals surface area contributed by atoms with Crippen LogP contribution >= 0.6 is 0 Å². The number of hydrogen-bond donors (Lipinski definition) is 2. The molecule has 3 N–H and O–H groups in total. The molecule has 0 aliphatic heterocycles. The summed E-state index contributed by atoms with van der Waals surface area (Å²) in [5.74, 6) is 0.723. The molecule has 5 nitrogen and oxygen atoms in total. The van der Waals surface area contributed by atoms with Crippen molar-refractivity contribution in [1.29, 1.82) is 0 Å². The van der Waals surface area contributed by atoms with E-state index in [9.17, 15) is 4.79 Å². The number of ether oxygens (including phenoxy) is 1. The number of carbonyl (C=O) groups is 1. The molecule has 0 saturated heterocycles. The highest BCUT2D eigenvalue weighted by Crippen LogP contribution is 2.26. The molecule has 0 heterocycles. The summed E-state index contributed by atoms with van der Waals surface area (Å²) in [4.78, 5) is 10.5. The van der Waals surface area contributed by atoms with Gasteiger partial charge in [0.15, 0.2) is 0 Å². The zero-order valence-corrected chi connectivity index (χ0v) is 10.5. The molecular weight excluding hydrogens is 218 g/mol. The zero-order valence-electron chi connectivity index (χ0n) is 10.5. The topological polar surface area (TPSA) is 76.7 Å². The third-order valence-corrected chi connectivity index (χ3v) is 2.76. The minimum Gasteiger partial charge on any atom is -0.496 e. The van der Waals surface area contributed by atoms with Crippen molar-refractivity contribution in [2.45, 2.75) is 20.8 Å². The van der Waals surface area contributed by atoms with Crippen LogP contribution in [0.15, 0.2) is 11.2 Å². The summed E-state index contributed by atoms with van der Waals surface area (Å²) >= 11 is 0. The maximum absolute atomic E-state index is 10.5. The number of nitrogens with two attached hydrogens (primary N) is 1. The Balaban J connectivity index is 3.17. The quantitative estimate of drug-likeness (QED) is 0.617. The molecule has 1 rings (SSSR count). The number of hydrogen-bond acceptors (Lipinski definition) is 3. The summed E-state index contributed by atoms with van der Waals surface area (Å²) in [6.45, 7) is 6.03. The van der Waals surface area contributed by atoms with Crippen molar-refractivity contribution in [1.82, 2.24) is 5.43 Å². The highest BCUT2D eigenvalue weighted by molar-refractivity contribution is 5.87. The number of nitrogens with zero attached hydrogens (tertiary/aromatic N) is 1. The Bertz CT molecular complexity index is 467. The van der Waals surface area contributed by atoms with E-state index in [1.807, 2.05) is 26.8 Å². The fourth-order valence-electron chi connectivity index (χ4n) is 1.55. The van der Waals surface area contributed by atoms with Crippen molar-refractivity contribution in [2.75, 3.05) is 7.11 Å². The number of amides is 2. The normalized spacial score (nSPS) is 10.6. The monoisotopic (exact) mass is 235 g/mol. The molecule has 0 unspecified atom stereocenters. The molecule has 0 bridgehead atoms. The molecule has 5 heteroatoms. The van der Waals surface area contributed by atoms with Gasteiger partial charge >= 0.3 is 6.03 Å². The molecule has 0 fully saturated rings. The van der Waals surface area contributed by atoms with E-state index < -0.39 is 6.03 Å². The van der Waals surface area contributed by atoms with Crippen molar-refractivity contribution in [3.8, 4) is 5.75 Å². The summed E-state index contributed by atoms with van der Waals surface area (Å²) in [7, 11) is 1.60. The van der Waals surface area contributed by atoms with Gasteiger partial charge in [0.1, 0.15) is 5.75 Å². The molecule has 0 aliphatic rings. The van der Waals surface area contributed by atoms with Gasteiger partial charge in [0.05, 0.1) is 13.3 Å². The molecule has 92 valence electrons. The maximum atomic E-state index is 10.5. The van der Waals surface area contributed by atoms with Crippen molar-refractivity contribution in [3.05, 3.63) is 28.3 Å². The minimum absolute atomic E-state index is 0.693. The van der Waals surface area contributed by atoms with Crippen molar-refractivity contribution >= 4 is 12.2 Å². The van der Waals surface area contributed by atoms with E-state index in [1.54, 1.807) is 7.11 Å². The first-order chi connectivity index (χ1) is 7.97. The number of nitrogens with one attached hydrogen (secondary N) is 1. The largest absolute Gasteiger partial charge is 0.496 e. The summed E-state index contributed by atoms with van der Waals surface area (Å²) in [5, 5.41) is 3.75. The van der Waals surface area contributed by atoms with Crippen molar-refractivity contribution in [3.63, 3.8) is 0 Å². The SMILES string of the molecule is COc1cc(C)c(C)c(C)c1/C=N\NC(N)=O. The van der Waals surface area contributed by atoms with Crippen LogP contribution in [0.1, 0.15) is 22.3 Å². The standard InChI is InChI=1S/C12H17N3O2/c1-7-5-11(17-4)10(9(3)8(7)2)6-14-15-12(13)16/h5-6H,1-4H3,(H3,13,15,16)/b14-6-. The van der Waals surface area contributed by atoms with Gasteiger partial charge in [0.2, 0.25) is 0 Å². The van der Waals surface area contributed by atoms with Crippen LogP contribution in [0.4, 0.5) is 4.79 Å². The minimum atomic E-state index is -0.693. The van der Waals surface area contributed by atoms with Gasteiger partial charge in [-0.15, -0.1) is 0 Å². The lowest BCUT2D eigenvalue weighted by atomic mass is 9.98. The van der Waals surface area contributed by atoms with E-state index in [0.717, 1.165) is 22.4 Å². The first-order valence-electron chi connectivity index (χ1n) is 5.20. The zero-order chi connectivity index (χ0) is 13.0. The molecule has 17 heavy (non-hydrogen) atoms. The average Bonchev–Trinajstić information content (AvgIpc) is 2.28. The van der Waals surface area contributed by atoms with Gasteiger partial charge in [-0.05, 0) is 43.5 Å². The summed E-state index contributed by atoms with van der Waals surface area (Å²) < 4.78 is 5.28. The Morgan fingerprint density at radius 1 is 1.41 bits per heavy atom. The van der Waals surface area contributed by atoms with Crippen LogP contribution in [0, 0.1) is 20.8 Å². The van der Waals surface area contributed by atoms with E-state index >= 15 is 0 Å². The average molecular weight is 235 g/mol. The first kappa shape index (κ1) is 13.0. The van der Waals surface area contributed by atoms with Crippen LogP contribution in [-0.4, -0.2) is 19.4 Å². The molecule has 2 amide bonds. The number of urea groups is 1. The third-order valence-electron chi connectivity index (χ3n) is 2.76. The maximum Gasteiger partial charge on any atom is 0.332 e. The Kier molecular flexibility index (Phi) is 4.09. The molecule has 0 spiro atoms. The summed E-state index contributed by atoms with van der Waals surface area (Å²) in [6.07, 6.45) is 1.53. The fourth-order valence-corrected chi connectivity index (χ4v) is 1.55. The second-order valence-corrected chi connectivity index (χ2v) is 3.79. The molecule has 0 aliphatic carbocycles. The predicted molar refractivity (Wildman–Crippen MR) is 67.5 cm³/mol. The van der Waals surface area contributed by atoms with Crippen LogP contribution in [0.2, 0.25) is 0 Å². The number of methoxy groups -OCH3 is 1. The van der Waals surface area contributed by atoms with E-state index in [2.05, 4.69) is 10.5 Å². The Morgan fingerprint density at radius 3 is 2.59 bits per heavy atom. The number of primary amides is 1. The predicted octanol–water partition coefficient (Wildman–Crippen LogP) is 1.62. The molecule has 1 aromatic carbocycles. The van der Waals surface area contributed by atoms with Gasteiger partial charge in [-0.3, -0.25) is 0 Å². The molecular formula is C12H17N3O2. The Morgan fingerprint density at radius 2 is 2.06 bits per heavy atom. The van der Waals surface area contributed by atoms with Gasteiger partial charge in [-0.25, -0.2) is 10.2 Å². The van der Waals surface area contributed by atoms with Gasteiger partial charge in [-0.1, -0.05) is 0 Å². The Hall–Kier alpha value is -2.04. The number of aryl methyl sites for hydroxylation is 1. The van der Waals surface area contributed by atoms with Gasteiger partial charge in [0.25, 0.3) is 0 Å². The van der Waals surface area contributed by atoms with Crippen LogP contribution in [0.25, 0.3) is 0 Å². The van der Waals surface area contributed by atoms with E-state index in [4.69, 9.17) is 10.5 Å². The van der Waals surface area contributed by atoms with Crippen molar-refractivity contribution in [2.24, 2.45) is 10.8 Å². The van der Waals surface area contributed by atoms with E-state index in [1.165, 1.54) is 11.8 Å². The van der Waals surface area contributed by atoms with Crippen LogP contribution in [0.3, 0.4) is 0 Å². The van der Waals surface area contributed by atoms with E-state index in [0.29, 0.717) is 0 Å². The molecule has 0 radical (unpaired) electrons. The summed E-state index contributed by atoms with van der Waals surface area (Å²) in [6, 6.07) is 1.25. The van der Waals surface area contributed by atoms with E-state index in [-0.39, 0.29) is 0 Å². The Labute approximate surface area is 101 Å². The second-order valence-electron chi connectivity index (χ2n) is 3.79. The molecule has 1 aromatic rings. The third kappa shape index (κ3) is 2.96. The van der Waals surface area contributed by atoms with Crippen LogP contribution in [-0.2, 0) is 0 Å². The highest BCUT2D eigenvalue weighted by Gasteiger charge is 2.09. The van der Waals surface area contributed by atoms with Gasteiger partial charge < -0.3 is 10.5 Å². The number of hydrazone groups is 1. The van der Waals surface area contributed by atoms with Gasteiger partial charge in [0, 0.05) is 5.56 Å². The van der Waals surface area contributed by atoms with Gasteiger partial charge in [-0.2, -0.15) is 5.10 Å².